The minimum Gasteiger partial charge on any atom is -0.399 e. The zero-order chi connectivity index (χ0) is 11.5. The third kappa shape index (κ3) is 2.80. The van der Waals surface area contributed by atoms with E-state index in [1.165, 1.54) is 10.5 Å². The van der Waals surface area contributed by atoms with Crippen molar-refractivity contribution in [3.05, 3.63) is 40.6 Å². The number of hydrogen-bond acceptors (Lipinski definition) is 3. The van der Waals surface area contributed by atoms with E-state index in [1.807, 2.05) is 42.3 Å². The highest BCUT2D eigenvalue weighted by molar-refractivity contribution is 9.10. The first kappa shape index (κ1) is 11.5. The molecule has 0 aliphatic rings. The molecule has 0 aliphatic carbocycles. The summed E-state index contributed by atoms with van der Waals surface area (Å²) in [5.41, 5.74) is 7.68. The van der Waals surface area contributed by atoms with Crippen LogP contribution in [0.25, 0.3) is 0 Å². The van der Waals surface area contributed by atoms with Gasteiger partial charge in [-0.2, -0.15) is 5.10 Å². The lowest BCUT2D eigenvalue weighted by molar-refractivity contribution is 0.767. The van der Waals surface area contributed by atoms with Crippen molar-refractivity contribution in [1.82, 2.24) is 9.78 Å². The Morgan fingerprint density at radius 1 is 1.50 bits per heavy atom. The zero-order valence-electron chi connectivity index (χ0n) is 8.85. The summed E-state index contributed by atoms with van der Waals surface area (Å²) in [6, 6.07) is 5.86. The molecule has 5 heteroatoms. The molecule has 0 amide bonds. The van der Waals surface area contributed by atoms with Gasteiger partial charge < -0.3 is 5.73 Å². The summed E-state index contributed by atoms with van der Waals surface area (Å²) >= 11 is 5.27. The minimum absolute atomic E-state index is 0.776. The summed E-state index contributed by atoms with van der Waals surface area (Å²) in [4.78, 5) is 1.19. The van der Waals surface area contributed by atoms with Gasteiger partial charge >= 0.3 is 0 Å². The third-order valence-corrected chi connectivity index (χ3v) is 4.17. The van der Waals surface area contributed by atoms with Gasteiger partial charge in [0.1, 0.15) is 0 Å². The lowest BCUT2D eigenvalue weighted by Gasteiger charge is -2.03. The number of nitrogen functional groups attached to an aromatic ring is 1. The maximum Gasteiger partial charge on any atom is 0.0530 e. The number of aryl methyl sites for hydroxylation is 1. The molecule has 0 radical (unpaired) electrons. The van der Waals surface area contributed by atoms with E-state index in [2.05, 4.69) is 21.0 Å². The van der Waals surface area contributed by atoms with Crippen LogP contribution in [0.15, 0.2) is 40.0 Å². The summed E-state index contributed by atoms with van der Waals surface area (Å²) < 4.78 is 2.86. The van der Waals surface area contributed by atoms with Crippen molar-refractivity contribution >= 4 is 33.4 Å². The number of anilines is 1. The fraction of sp³-hybridized carbons (Fsp3) is 0.182. The first-order valence-corrected chi connectivity index (χ1v) is 6.58. The Bertz CT molecular complexity index is 496. The number of rotatable bonds is 3. The largest absolute Gasteiger partial charge is 0.399 e. The predicted octanol–water partition coefficient (Wildman–Crippen LogP) is 3.06. The Balaban J connectivity index is 2.04. The Kier molecular flexibility index (Phi) is 3.56. The monoisotopic (exact) mass is 297 g/mol. The highest BCUT2D eigenvalue weighted by Gasteiger charge is 2.02. The molecule has 0 saturated carbocycles. The van der Waals surface area contributed by atoms with Crippen LogP contribution >= 0.6 is 27.7 Å². The Hall–Kier alpha value is -0.940. The fourth-order valence-corrected chi connectivity index (χ4v) is 2.91. The van der Waals surface area contributed by atoms with Gasteiger partial charge in [-0.05, 0) is 34.1 Å². The lowest BCUT2D eigenvalue weighted by Crippen LogP contribution is -1.86. The topological polar surface area (TPSA) is 43.8 Å². The van der Waals surface area contributed by atoms with Crippen molar-refractivity contribution in [1.29, 1.82) is 0 Å². The van der Waals surface area contributed by atoms with E-state index in [0.717, 1.165) is 15.9 Å². The molecule has 0 atom stereocenters. The second-order valence-corrected chi connectivity index (χ2v) is 5.37. The van der Waals surface area contributed by atoms with Crippen LogP contribution in [0.5, 0.6) is 0 Å². The summed E-state index contributed by atoms with van der Waals surface area (Å²) in [6.07, 6.45) is 3.91. The molecule has 0 fully saturated rings. The molecule has 0 bridgehead atoms. The lowest BCUT2D eigenvalue weighted by atomic mass is 10.3. The SMILES string of the molecule is Cn1cc(CSc2ccc(N)cc2Br)cn1. The van der Waals surface area contributed by atoms with E-state index in [1.54, 1.807) is 11.8 Å². The maximum absolute atomic E-state index is 5.69. The number of halogens is 1. The van der Waals surface area contributed by atoms with Crippen LogP contribution in [-0.2, 0) is 12.8 Å². The molecular weight excluding hydrogens is 286 g/mol. The molecule has 0 aliphatic heterocycles. The maximum atomic E-state index is 5.69. The standard InChI is InChI=1S/C11H12BrN3S/c1-15-6-8(5-14-15)7-16-11-3-2-9(13)4-10(11)12/h2-6H,7,13H2,1H3. The summed E-state index contributed by atoms with van der Waals surface area (Å²) in [5, 5.41) is 4.14. The molecule has 0 saturated heterocycles. The molecule has 0 spiro atoms. The van der Waals surface area contributed by atoms with Crippen LogP contribution in [0, 0.1) is 0 Å². The van der Waals surface area contributed by atoms with E-state index in [0.29, 0.717) is 0 Å². The molecule has 1 aromatic heterocycles. The van der Waals surface area contributed by atoms with Crippen molar-refractivity contribution in [3.63, 3.8) is 0 Å². The van der Waals surface area contributed by atoms with E-state index in [9.17, 15) is 0 Å². The number of nitrogens with zero attached hydrogens (tertiary/aromatic N) is 2. The Morgan fingerprint density at radius 2 is 2.31 bits per heavy atom. The summed E-state index contributed by atoms with van der Waals surface area (Å²) in [6.45, 7) is 0. The molecule has 0 unspecified atom stereocenters. The van der Waals surface area contributed by atoms with E-state index < -0.39 is 0 Å². The highest BCUT2D eigenvalue weighted by atomic mass is 79.9. The van der Waals surface area contributed by atoms with Crippen LogP contribution in [0.4, 0.5) is 5.69 Å². The second kappa shape index (κ2) is 4.93. The highest BCUT2D eigenvalue weighted by Crippen LogP contribution is 2.31. The van der Waals surface area contributed by atoms with Crippen LogP contribution in [-0.4, -0.2) is 9.78 Å². The fourth-order valence-electron chi connectivity index (χ4n) is 1.34. The van der Waals surface area contributed by atoms with Gasteiger partial charge in [0.05, 0.1) is 6.20 Å². The van der Waals surface area contributed by atoms with Crippen molar-refractivity contribution in [3.8, 4) is 0 Å². The number of benzene rings is 1. The van der Waals surface area contributed by atoms with Crippen LogP contribution in [0.3, 0.4) is 0 Å². The summed E-state index contributed by atoms with van der Waals surface area (Å²) in [5.74, 6) is 0.913. The molecule has 84 valence electrons. The van der Waals surface area contributed by atoms with Crippen molar-refractivity contribution in [2.24, 2.45) is 7.05 Å². The van der Waals surface area contributed by atoms with Gasteiger partial charge in [0.15, 0.2) is 0 Å². The molecule has 2 N–H and O–H groups in total. The van der Waals surface area contributed by atoms with Gasteiger partial charge in [-0.3, -0.25) is 4.68 Å². The van der Waals surface area contributed by atoms with Gasteiger partial charge in [-0.1, -0.05) is 0 Å². The average Bonchev–Trinajstić information content (AvgIpc) is 2.63. The normalized spacial score (nSPS) is 10.6. The van der Waals surface area contributed by atoms with Gasteiger partial charge in [-0.25, -0.2) is 0 Å². The van der Waals surface area contributed by atoms with Crippen molar-refractivity contribution < 1.29 is 0 Å². The molecule has 1 heterocycles. The predicted molar refractivity (Wildman–Crippen MR) is 71.3 cm³/mol. The van der Waals surface area contributed by atoms with Gasteiger partial charge in [0.2, 0.25) is 0 Å². The zero-order valence-corrected chi connectivity index (χ0v) is 11.3. The third-order valence-electron chi connectivity index (χ3n) is 2.11. The Morgan fingerprint density at radius 3 is 2.94 bits per heavy atom. The van der Waals surface area contributed by atoms with E-state index in [4.69, 9.17) is 5.73 Å². The summed E-state index contributed by atoms with van der Waals surface area (Å²) in [7, 11) is 1.92. The number of nitrogens with two attached hydrogens (primary N) is 1. The molecule has 2 rings (SSSR count). The number of thioether (sulfide) groups is 1. The number of aromatic nitrogens is 2. The van der Waals surface area contributed by atoms with Gasteiger partial charge in [0.25, 0.3) is 0 Å². The van der Waals surface area contributed by atoms with Crippen LogP contribution in [0.2, 0.25) is 0 Å². The van der Waals surface area contributed by atoms with Crippen LogP contribution < -0.4 is 5.73 Å². The number of hydrogen-bond donors (Lipinski definition) is 1. The molecular formula is C11H12BrN3S. The van der Waals surface area contributed by atoms with Gasteiger partial charge in [0, 0.05) is 39.6 Å². The van der Waals surface area contributed by atoms with Crippen LogP contribution in [0.1, 0.15) is 5.56 Å². The molecule has 16 heavy (non-hydrogen) atoms. The van der Waals surface area contributed by atoms with Crippen molar-refractivity contribution in [2.75, 3.05) is 5.73 Å². The van der Waals surface area contributed by atoms with Gasteiger partial charge in [-0.15, -0.1) is 11.8 Å². The first-order chi connectivity index (χ1) is 7.65. The van der Waals surface area contributed by atoms with Crippen molar-refractivity contribution in [2.45, 2.75) is 10.6 Å². The quantitative estimate of drug-likeness (QED) is 0.699. The molecule has 3 nitrogen and oxygen atoms in total. The Labute approximate surface area is 107 Å². The second-order valence-electron chi connectivity index (χ2n) is 3.50. The minimum atomic E-state index is 0.776. The first-order valence-electron chi connectivity index (χ1n) is 4.80. The molecule has 2 aromatic rings. The van der Waals surface area contributed by atoms with E-state index in [-0.39, 0.29) is 0 Å². The smallest absolute Gasteiger partial charge is 0.0530 e. The van der Waals surface area contributed by atoms with E-state index >= 15 is 0 Å². The molecule has 1 aromatic carbocycles. The average molecular weight is 298 g/mol.